The second kappa shape index (κ2) is 12.3. The molecule has 2 aromatic carbocycles. The van der Waals surface area contributed by atoms with Gasteiger partial charge in [-0.15, -0.1) is 0 Å². The molecule has 1 aromatic heterocycles. The smallest absolute Gasteiger partial charge is 0.341 e. The van der Waals surface area contributed by atoms with Gasteiger partial charge in [-0.05, 0) is 61.1 Å². The number of carbonyl (C=O) groups excluding carboxylic acids is 2. The Morgan fingerprint density at radius 3 is 2.32 bits per heavy atom. The van der Waals surface area contributed by atoms with E-state index in [-0.39, 0.29) is 0 Å². The van der Waals surface area contributed by atoms with Gasteiger partial charge in [0.2, 0.25) is 0 Å². The Balaban J connectivity index is 0.000000328. The second-order valence-electron chi connectivity index (χ2n) is 11.5. The van der Waals surface area contributed by atoms with Crippen LogP contribution in [0, 0.1) is 11.8 Å². The van der Waals surface area contributed by atoms with Gasteiger partial charge in [-0.3, -0.25) is 0 Å². The summed E-state index contributed by atoms with van der Waals surface area (Å²) >= 11 is 1.14. The van der Waals surface area contributed by atoms with Crippen molar-refractivity contribution in [3.63, 3.8) is 0 Å². The van der Waals surface area contributed by atoms with Crippen molar-refractivity contribution >= 4 is 40.6 Å². The minimum absolute atomic E-state index is 0.395. The number of aldehydes is 1. The van der Waals surface area contributed by atoms with Crippen LogP contribution in [0.5, 0.6) is 11.5 Å². The molecule has 2 aliphatic heterocycles. The molecule has 1 unspecified atom stereocenters. The first-order chi connectivity index (χ1) is 20.0. The lowest BCUT2D eigenvalue weighted by Gasteiger charge is -2.30. The lowest BCUT2D eigenvalue weighted by molar-refractivity contribution is -0.185. The number of esters is 1. The minimum atomic E-state index is -1.85. The van der Waals surface area contributed by atoms with E-state index >= 15 is 0 Å². The molecule has 41 heavy (non-hydrogen) atoms. The lowest BCUT2D eigenvalue weighted by Crippen LogP contribution is -2.30. The summed E-state index contributed by atoms with van der Waals surface area (Å²) in [6, 6.07) is 10.8. The number of carbonyl (C=O) groups is 2. The predicted octanol–water partition coefficient (Wildman–Crippen LogP) is 6.35. The molecule has 0 bridgehead atoms. The van der Waals surface area contributed by atoms with Gasteiger partial charge < -0.3 is 24.1 Å². The number of hydrogen-bond donors (Lipinski definition) is 1. The average molecular weight is 577 g/mol. The van der Waals surface area contributed by atoms with Crippen LogP contribution in [0.2, 0.25) is 0 Å². The maximum Gasteiger partial charge on any atom is 0.341 e. The minimum Gasteiger partial charge on any atom is -0.486 e. The van der Waals surface area contributed by atoms with Crippen LogP contribution in [0.15, 0.2) is 42.0 Å². The molecule has 3 heterocycles. The molecule has 216 valence electrons. The van der Waals surface area contributed by atoms with Gasteiger partial charge in [0.25, 0.3) is 5.79 Å². The topological polar surface area (TPSA) is 108 Å². The Bertz CT molecular complexity index is 1440. The van der Waals surface area contributed by atoms with E-state index in [0.29, 0.717) is 65.2 Å². The Morgan fingerprint density at radius 1 is 0.878 bits per heavy atom. The highest BCUT2D eigenvalue weighted by atomic mass is 32.1. The van der Waals surface area contributed by atoms with Gasteiger partial charge in [-0.25, -0.2) is 4.79 Å². The first kappa shape index (κ1) is 27.8. The number of aliphatic hydroxyl groups is 1. The molecule has 2 fully saturated rings. The molecular weight excluding hydrogens is 540 g/mol. The molecule has 0 saturated heterocycles. The zero-order valence-corrected chi connectivity index (χ0v) is 24.0. The zero-order valence-electron chi connectivity index (χ0n) is 23.2. The number of ether oxygens (including phenoxy) is 3. The quantitative estimate of drug-likeness (QED) is 0.276. The van der Waals surface area contributed by atoms with Crippen molar-refractivity contribution in [3.8, 4) is 11.5 Å². The van der Waals surface area contributed by atoms with Crippen molar-refractivity contribution in [2.45, 2.75) is 76.4 Å². The predicted molar refractivity (Wildman–Crippen MR) is 156 cm³/mol. The third kappa shape index (κ3) is 5.88. The molecule has 1 N–H and O–H groups in total. The highest BCUT2D eigenvalue weighted by molar-refractivity contribution is 7.00. The molecule has 4 aliphatic rings. The summed E-state index contributed by atoms with van der Waals surface area (Å²) in [5.41, 5.74) is 3.71. The summed E-state index contributed by atoms with van der Waals surface area (Å²) < 4.78 is 25.7. The molecule has 9 heteroatoms. The normalized spacial score (nSPS) is 23.2. The molecule has 2 saturated carbocycles. The number of aromatic nitrogens is 2. The van der Waals surface area contributed by atoms with E-state index in [9.17, 15) is 14.7 Å². The van der Waals surface area contributed by atoms with Gasteiger partial charge in [0.05, 0.1) is 17.3 Å². The van der Waals surface area contributed by atoms with Gasteiger partial charge in [-0.1, -0.05) is 57.4 Å². The van der Waals surface area contributed by atoms with E-state index in [1.807, 2.05) is 18.2 Å². The molecule has 1 atom stereocenters. The summed E-state index contributed by atoms with van der Waals surface area (Å²) in [6.45, 7) is 0.920. The standard InChI is InChI=1S/C25H24N2O5S.C7H12O/c28-24-23(16-6-8-19-20(13-16)27-33-26-19)18(12-15-4-2-1-3-5-15)25(29,32-24)17-7-9-21-22(14-17)31-11-10-30-21;8-6-7-4-2-1-3-5-7/h6-9,13-15,29H,1-5,10-12H2;6-7H,1-5H2. The molecule has 3 aromatic rings. The van der Waals surface area contributed by atoms with Crippen LogP contribution in [0.4, 0.5) is 0 Å². The highest BCUT2D eigenvalue weighted by Gasteiger charge is 2.49. The SMILES string of the molecule is O=C1OC(O)(c2ccc3c(c2)OCCO3)C(CC2CCCCC2)=C1c1ccc2nsnc2c1.O=CC1CCCCC1. The van der Waals surface area contributed by atoms with E-state index in [1.54, 1.807) is 18.2 Å². The zero-order chi connectivity index (χ0) is 28.2. The average Bonchev–Trinajstić information content (AvgIpc) is 3.59. The van der Waals surface area contributed by atoms with E-state index < -0.39 is 11.8 Å². The third-order valence-corrected chi connectivity index (χ3v) is 9.25. The Morgan fingerprint density at radius 2 is 1.59 bits per heavy atom. The number of hydrogen-bond acceptors (Lipinski definition) is 9. The van der Waals surface area contributed by atoms with Crippen molar-refractivity contribution in [2.24, 2.45) is 11.8 Å². The van der Waals surface area contributed by atoms with Crippen LogP contribution in [-0.2, 0) is 20.1 Å². The van der Waals surface area contributed by atoms with Crippen LogP contribution >= 0.6 is 11.7 Å². The van der Waals surface area contributed by atoms with E-state index in [0.717, 1.165) is 54.7 Å². The fourth-order valence-electron chi connectivity index (χ4n) is 6.45. The summed E-state index contributed by atoms with van der Waals surface area (Å²) in [6.07, 6.45) is 13.6. The Hall–Kier alpha value is -3.30. The molecule has 7 rings (SSSR count). The van der Waals surface area contributed by atoms with Gasteiger partial charge in [0.1, 0.15) is 30.5 Å². The molecule has 0 radical (unpaired) electrons. The van der Waals surface area contributed by atoms with Crippen LogP contribution < -0.4 is 9.47 Å². The van der Waals surface area contributed by atoms with Crippen molar-refractivity contribution in [3.05, 3.63) is 53.1 Å². The van der Waals surface area contributed by atoms with Crippen molar-refractivity contribution in [2.75, 3.05) is 13.2 Å². The van der Waals surface area contributed by atoms with Gasteiger partial charge in [0, 0.05) is 17.1 Å². The number of nitrogens with zero attached hydrogens (tertiary/aromatic N) is 2. The summed E-state index contributed by atoms with van der Waals surface area (Å²) in [5, 5.41) is 11.9. The molecule has 0 spiro atoms. The van der Waals surface area contributed by atoms with Crippen LogP contribution in [0.1, 0.15) is 81.8 Å². The largest absolute Gasteiger partial charge is 0.486 e. The number of benzene rings is 2. The second-order valence-corrected chi connectivity index (χ2v) is 12.0. The van der Waals surface area contributed by atoms with Gasteiger partial charge >= 0.3 is 5.97 Å². The fourth-order valence-corrected chi connectivity index (χ4v) is 6.96. The maximum atomic E-state index is 13.2. The summed E-state index contributed by atoms with van der Waals surface area (Å²) in [7, 11) is 0. The summed E-state index contributed by atoms with van der Waals surface area (Å²) in [5.74, 6) is -0.410. The van der Waals surface area contributed by atoms with Gasteiger partial charge in [-0.2, -0.15) is 8.75 Å². The first-order valence-corrected chi connectivity index (χ1v) is 15.6. The number of cyclic esters (lactones) is 1. The monoisotopic (exact) mass is 576 g/mol. The number of fused-ring (bicyclic) bond motifs is 2. The van der Waals surface area contributed by atoms with Gasteiger partial charge in [0.15, 0.2) is 11.5 Å². The molecule has 0 amide bonds. The van der Waals surface area contributed by atoms with Crippen LogP contribution in [0.3, 0.4) is 0 Å². The van der Waals surface area contributed by atoms with Crippen LogP contribution in [0.25, 0.3) is 16.6 Å². The van der Waals surface area contributed by atoms with Crippen molar-refractivity contribution in [1.82, 2.24) is 8.75 Å². The fraction of sp³-hybridized carbons (Fsp3) is 0.500. The first-order valence-electron chi connectivity index (χ1n) is 14.8. The van der Waals surface area contributed by atoms with Crippen molar-refractivity contribution < 1.29 is 28.9 Å². The highest BCUT2D eigenvalue weighted by Crippen LogP contribution is 2.49. The maximum absolute atomic E-state index is 13.2. The van der Waals surface area contributed by atoms with Crippen LogP contribution in [-0.4, -0.2) is 39.3 Å². The Kier molecular flexibility index (Phi) is 8.35. The molecule has 8 nitrogen and oxygen atoms in total. The lowest BCUT2D eigenvalue weighted by atomic mass is 9.80. The molecular formula is C32H36N2O6S. The number of rotatable bonds is 5. The van der Waals surface area contributed by atoms with Crippen molar-refractivity contribution in [1.29, 1.82) is 0 Å². The third-order valence-electron chi connectivity index (χ3n) is 8.69. The van der Waals surface area contributed by atoms with E-state index in [2.05, 4.69) is 8.75 Å². The van der Waals surface area contributed by atoms with E-state index in [1.165, 1.54) is 38.5 Å². The summed E-state index contributed by atoms with van der Waals surface area (Å²) in [4.78, 5) is 23.4. The van der Waals surface area contributed by atoms with E-state index in [4.69, 9.17) is 14.2 Å². The molecule has 2 aliphatic carbocycles. The Labute approximate surface area is 244 Å².